The van der Waals surface area contributed by atoms with Crippen LogP contribution >= 0.6 is 11.7 Å². The molecule has 1 heterocycles. The highest BCUT2D eigenvalue weighted by Gasteiger charge is 2.12. The number of anilines is 1. The van der Waals surface area contributed by atoms with Crippen LogP contribution in [0.25, 0.3) is 11.3 Å². The average Bonchev–Trinajstić information content (AvgIpc) is 2.78. The largest absolute Gasteiger partial charge is 0.367 e. The number of benzene rings is 1. The van der Waals surface area contributed by atoms with Crippen molar-refractivity contribution in [1.29, 1.82) is 0 Å². The molecule has 2 rings (SSSR count). The van der Waals surface area contributed by atoms with Crippen molar-refractivity contribution in [2.45, 2.75) is 27.2 Å². The molecule has 0 radical (unpaired) electrons. The molecule has 0 aliphatic heterocycles. The lowest BCUT2D eigenvalue weighted by molar-refractivity contribution is 0.974. The number of rotatable bonds is 4. The number of aryl methyl sites for hydroxylation is 1. The minimum absolute atomic E-state index is 0.908. The third-order valence-corrected chi connectivity index (χ3v) is 3.42. The van der Waals surface area contributed by atoms with Crippen molar-refractivity contribution >= 4 is 17.5 Å². The van der Waals surface area contributed by atoms with Crippen LogP contribution in [-0.4, -0.2) is 15.3 Å². The van der Waals surface area contributed by atoms with Gasteiger partial charge in [0.15, 0.2) is 5.82 Å². The summed E-state index contributed by atoms with van der Waals surface area (Å²) in [5.41, 5.74) is 4.72. The fourth-order valence-electron chi connectivity index (χ4n) is 1.73. The Bertz CT molecular complexity index is 505. The fourth-order valence-corrected chi connectivity index (χ4v) is 2.27. The predicted molar refractivity (Wildman–Crippen MR) is 73.6 cm³/mol. The maximum Gasteiger partial charge on any atom is 0.168 e. The fraction of sp³-hybridized carbons (Fsp3) is 0.385. The Labute approximate surface area is 106 Å². The molecule has 0 saturated carbocycles. The van der Waals surface area contributed by atoms with E-state index in [1.807, 2.05) is 0 Å². The van der Waals surface area contributed by atoms with Gasteiger partial charge < -0.3 is 5.32 Å². The van der Waals surface area contributed by atoms with Crippen LogP contribution in [0, 0.1) is 13.8 Å². The highest BCUT2D eigenvalue weighted by Crippen LogP contribution is 2.29. The molecule has 0 saturated heterocycles. The summed E-state index contributed by atoms with van der Waals surface area (Å²) in [5.74, 6) is 0.908. The lowest BCUT2D eigenvalue weighted by atomic mass is 10.0. The van der Waals surface area contributed by atoms with Crippen molar-refractivity contribution in [2.24, 2.45) is 0 Å². The second-order valence-corrected chi connectivity index (χ2v) is 4.66. The van der Waals surface area contributed by atoms with Gasteiger partial charge in [-0.2, -0.15) is 8.75 Å². The zero-order valence-electron chi connectivity index (χ0n) is 10.4. The minimum atomic E-state index is 0.908. The zero-order valence-corrected chi connectivity index (χ0v) is 11.3. The highest BCUT2D eigenvalue weighted by atomic mass is 32.1. The Morgan fingerprint density at radius 3 is 2.82 bits per heavy atom. The number of hydrogen-bond donors (Lipinski definition) is 1. The summed E-state index contributed by atoms with van der Waals surface area (Å²) in [6.07, 6.45) is 1.09. The first-order chi connectivity index (χ1) is 8.24. The van der Waals surface area contributed by atoms with Gasteiger partial charge in [-0.1, -0.05) is 25.1 Å². The van der Waals surface area contributed by atoms with Crippen LogP contribution in [-0.2, 0) is 0 Å². The first kappa shape index (κ1) is 12.0. The highest BCUT2D eigenvalue weighted by molar-refractivity contribution is 6.99. The van der Waals surface area contributed by atoms with Crippen molar-refractivity contribution in [1.82, 2.24) is 8.75 Å². The predicted octanol–water partition coefficient (Wildman–Crippen LogP) is 3.64. The molecule has 90 valence electrons. The molecule has 17 heavy (non-hydrogen) atoms. The summed E-state index contributed by atoms with van der Waals surface area (Å²) in [4.78, 5) is 0. The van der Waals surface area contributed by atoms with Crippen molar-refractivity contribution in [3.8, 4) is 11.3 Å². The van der Waals surface area contributed by atoms with Crippen LogP contribution in [0.3, 0.4) is 0 Å². The molecule has 0 aliphatic rings. The summed E-state index contributed by atoms with van der Waals surface area (Å²) in [6, 6.07) is 6.30. The normalized spacial score (nSPS) is 10.5. The molecular weight excluding hydrogens is 230 g/mol. The first-order valence-corrected chi connectivity index (χ1v) is 6.60. The monoisotopic (exact) mass is 247 g/mol. The van der Waals surface area contributed by atoms with Gasteiger partial charge in [-0.15, -0.1) is 0 Å². The molecule has 0 atom stereocenters. The van der Waals surface area contributed by atoms with E-state index < -0.39 is 0 Å². The lowest BCUT2D eigenvalue weighted by Crippen LogP contribution is -2.01. The SMILES string of the molecule is CCCNc1nsnc1-c1cccc(C)c1C. The summed E-state index contributed by atoms with van der Waals surface area (Å²) in [6.45, 7) is 7.33. The van der Waals surface area contributed by atoms with Crippen LogP contribution in [0.15, 0.2) is 18.2 Å². The average molecular weight is 247 g/mol. The molecule has 0 aliphatic carbocycles. The second-order valence-electron chi connectivity index (χ2n) is 4.14. The van der Waals surface area contributed by atoms with E-state index in [0.29, 0.717) is 0 Å². The molecule has 4 heteroatoms. The molecular formula is C13H17N3S. The van der Waals surface area contributed by atoms with E-state index in [9.17, 15) is 0 Å². The van der Waals surface area contributed by atoms with Gasteiger partial charge in [0.1, 0.15) is 5.69 Å². The molecule has 0 bridgehead atoms. The molecule has 0 unspecified atom stereocenters. The summed E-state index contributed by atoms with van der Waals surface area (Å²) in [7, 11) is 0. The smallest absolute Gasteiger partial charge is 0.168 e. The maximum absolute atomic E-state index is 4.41. The summed E-state index contributed by atoms with van der Waals surface area (Å²) >= 11 is 1.26. The Morgan fingerprint density at radius 2 is 2.06 bits per heavy atom. The van der Waals surface area contributed by atoms with Crippen LogP contribution in [0.1, 0.15) is 24.5 Å². The van der Waals surface area contributed by atoms with Crippen molar-refractivity contribution in [3.05, 3.63) is 29.3 Å². The van der Waals surface area contributed by atoms with Crippen LogP contribution in [0.5, 0.6) is 0 Å². The van der Waals surface area contributed by atoms with Gasteiger partial charge in [0.05, 0.1) is 11.7 Å². The Hall–Kier alpha value is -1.42. The van der Waals surface area contributed by atoms with Gasteiger partial charge >= 0.3 is 0 Å². The molecule has 3 nitrogen and oxygen atoms in total. The van der Waals surface area contributed by atoms with Gasteiger partial charge in [0.2, 0.25) is 0 Å². The summed E-state index contributed by atoms with van der Waals surface area (Å²) < 4.78 is 8.73. The molecule has 2 aromatic rings. The van der Waals surface area contributed by atoms with E-state index in [1.54, 1.807) is 0 Å². The Balaban J connectivity index is 2.39. The number of nitrogens with zero attached hydrogens (tertiary/aromatic N) is 2. The van der Waals surface area contributed by atoms with Gasteiger partial charge in [-0.3, -0.25) is 0 Å². The topological polar surface area (TPSA) is 37.8 Å². The van der Waals surface area contributed by atoms with Crippen LogP contribution in [0.2, 0.25) is 0 Å². The van der Waals surface area contributed by atoms with E-state index in [1.165, 1.54) is 28.4 Å². The first-order valence-electron chi connectivity index (χ1n) is 5.87. The van der Waals surface area contributed by atoms with Gasteiger partial charge in [-0.05, 0) is 31.4 Å². The van der Waals surface area contributed by atoms with E-state index in [0.717, 1.165) is 24.5 Å². The Kier molecular flexibility index (Phi) is 3.74. The summed E-state index contributed by atoms with van der Waals surface area (Å²) in [5, 5.41) is 3.32. The minimum Gasteiger partial charge on any atom is -0.367 e. The molecule has 1 aromatic heterocycles. The van der Waals surface area contributed by atoms with Crippen LogP contribution < -0.4 is 5.32 Å². The molecule has 1 aromatic carbocycles. The lowest BCUT2D eigenvalue weighted by Gasteiger charge is -2.08. The Morgan fingerprint density at radius 1 is 1.24 bits per heavy atom. The van der Waals surface area contributed by atoms with Crippen molar-refractivity contribution in [2.75, 3.05) is 11.9 Å². The number of hydrogen-bond acceptors (Lipinski definition) is 4. The molecule has 0 spiro atoms. The quantitative estimate of drug-likeness (QED) is 0.896. The van der Waals surface area contributed by atoms with Crippen molar-refractivity contribution < 1.29 is 0 Å². The number of aromatic nitrogens is 2. The molecule has 0 amide bonds. The van der Waals surface area contributed by atoms with E-state index in [2.05, 4.69) is 53.0 Å². The molecule has 0 fully saturated rings. The maximum atomic E-state index is 4.41. The molecule has 1 N–H and O–H groups in total. The van der Waals surface area contributed by atoms with Crippen molar-refractivity contribution in [3.63, 3.8) is 0 Å². The third kappa shape index (κ3) is 2.47. The number of nitrogens with one attached hydrogen (secondary N) is 1. The third-order valence-electron chi connectivity index (χ3n) is 2.89. The van der Waals surface area contributed by atoms with Gasteiger partial charge in [0.25, 0.3) is 0 Å². The van der Waals surface area contributed by atoms with E-state index in [-0.39, 0.29) is 0 Å². The second kappa shape index (κ2) is 5.27. The van der Waals surface area contributed by atoms with Gasteiger partial charge in [0, 0.05) is 12.1 Å². The van der Waals surface area contributed by atoms with E-state index in [4.69, 9.17) is 0 Å². The zero-order chi connectivity index (χ0) is 12.3. The van der Waals surface area contributed by atoms with E-state index >= 15 is 0 Å². The van der Waals surface area contributed by atoms with Gasteiger partial charge in [-0.25, -0.2) is 0 Å². The standard InChI is InChI=1S/C13H17N3S/c1-4-8-14-13-12(15-17-16-13)11-7-5-6-9(2)10(11)3/h5-7H,4,8H2,1-3H3,(H,14,16). The van der Waals surface area contributed by atoms with Crippen LogP contribution in [0.4, 0.5) is 5.82 Å².